The van der Waals surface area contributed by atoms with E-state index >= 15 is 0 Å². The van der Waals surface area contributed by atoms with E-state index in [0.29, 0.717) is 5.82 Å². The van der Waals surface area contributed by atoms with Gasteiger partial charge in [0.1, 0.15) is 11.9 Å². The Morgan fingerprint density at radius 2 is 2.36 bits per heavy atom. The van der Waals surface area contributed by atoms with Crippen molar-refractivity contribution in [3.63, 3.8) is 0 Å². The predicted octanol–water partition coefficient (Wildman–Crippen LogP) is 1.21. The Hall–Kier alpha value is -0.900. The number of aliphatic hydroxyl groups is 1. The summed E-state index contributed by atoms with van der Waals surface area (Å²) in [4.78, 5) is 4.16. The van der Waals surface area contributed by atoms with Crippen LogP contribution in [-0.4, -0.2) is 19.9 Å². The first-order valence-electron chi connectivity index (χ1n) is 5.21. The van der Waals surface area contributed by atoms with Crippen LogP contribution in [0.25, 0.3) is 0 Å². The van der Waals surface area contributed by atoms with E-state index in [2.05, 4.69) is 17.0 Å². The van der Waals surface area contributed by atoms with Crippen LogP contribution in [0, 0.1) is 5.92 Å². The average Bonchev–Trinajstić information content (AvgIpc) is 2.57. The molecule has 0 saturated heterocycles. The minimum Gasteiger partial charge on any atom is -0.382 e. The van der Waals surface area contributed by atoms with E-state index in [9.17, 15) is 5.11 Å². The van der Waals surface area contributed by atoms with Crippen LogP contribution in [0.3, 0.4) is 0 Å². The van der Waals surface area contributed by atoms with Crippen LogP contribution in [0.15, 0.2) is 6.33 Å². The van der Waals surface area contributed by atoms with Crippen molar-refractivity contribution in [3.8, 4) is 0 Å². The van der Waals surface area contributed by atoms with Crippen molar-refractivity contribution in [2.45, 2.75) is 38.2 Å². The lowest BCUT2D eigenvalue weighted by Gasteiger charge is -2.36. The molecule has 0 aromatic carbocycles. The van der Waals surface area contributed by atoms with Crippen LogP contribution < -0.4 is 0 Å². The number of rotatable bonds is 1. The van der Waals surface area contributed by atoms with Gasteiger partial charge in [0, 0.05) is 7.05 Å². The molecule has 0 amide bonds. The number of aryl methyl sites for hydroxylation is 1. The highest BCUT2D eigenvalue weighted by molar-refractivity contribution is 5.04. The molecule has 2 unspecified atom stereocenters. The molecule has 1 aliphatic carbocycles. The molecule has 0 spiro atoms. The van der Waals surface area contributed by atoms with Gasteiger partial charge in [0.05, 0.1) is 0 Å². The van der Waals surface area contributed by atoms with Gasteiger partial charge in [-0.05, 0) is 18.8 Å². The van der Waals surface area contributed by atoms with Crippen molar-refractivity contribution in [2.24, 2.45) is 13.0 Å². The lowest BCUT2D eigenvalue weighted by Crippen LogP contribution is -2.38. The Labute approximate surface area is 84.0 Å². The van der Waals surface area contributed by atoms with E-state index in [0.717, 1.165) is 19.3 Å². The molecule has 1 N–H and O–H groups in total. The molecule has 1 aliphatic rings. The quantitative estimate of drug-likeness (QED) is 0.733. The van der Waals surface area contributed by atoms with E-state index in [1.165, 1.54) is 12.7 Å². The van der Waals surface area contributed by atoms with E-state index in [1.54, 1.807) is 4.68 Å². The van der Waals surface area contributed by atoms with Gasteiger partial charge in [0.25, 0.3) is 0 Å². The molecular formula is C10H17N3O. The van der Waals surface area contributed by atoms with Crippen molar-refractivity contribution < 1.29 is 5.11 Å². The average molecular weight is 195 g/mol. The summed E-state index contributed by atoms with van der Waals surface area (Å²) in [6.45, 7) is 2.09. The van der Waals surface area contributed by atoms with Crippen molar-refractivity contribution in [1.29, 1.82) is 0 Å². The second-order valence-electron chi connectivity index (χ2n) is 4.28. The second kappa shape index (κ2) is 3.35. The number of nitrogens with zero attached hydrogens (tertiary/aromatic N) is 3. The van der Waals surface area contributed by atoms with Crippen LogP contribution >= 0.6 is 0 Å². The van der Waals surface area contributed by atoms with Gasteiger partial charge in [0.2, 0.25) is 0 Å². The van der Waals surface area contributed by atoms with Gasteiger partial charge in [-0.15, -0.1) is 0 Å². The summed E-state index contributed by atoms with van der Waals surface area (Å²) < 4.78 is 1.68. The smallest absolute Gasteiger partial charge is 0.158 e. The molecule has 2 atom stereocenters. The van der Waals surface area contributed by atoms with Gasteiger partial charge in [-0.2, -0.15) is 5.10 Å². The van der Waals surface area contributed by atoms with Gasteiger partial charge in [-0.3, -0.25) is 4.68 Å². The van der Waals surface area contributed by atoms with E-state index in [4.69, 9.17) is 0 Å². The Morgan fingerprint density at radius 3 is 2.93 bits per heavy atom. The Balaban J connectivity index is 2.34. The molecule has 78 valence electrons. The second-order valence-corrected chi connectivity index (χ2v) is 4.28. The Kier molecular flexibility index (Phi) is 2.31. The van der Waals surface area contributed by atoms with Crippen LogP contribution in [0.4, 0.5) is 0 Å². The Morgan fingerprint density at radius 1 is 1.57 bits per heavy atom. The van der Waals surface area contributed by atoms with Crippen molar-refractivity contribution >= 4 is 0 Å². The highest BCUT2D eigenvalue weighted by Gasteiger charge is 2.40. The van der Waals surface area contributed by atoms with Crippen molar-refractivity contribution in [1.82, 2.24) is 14.8 Å². The van der Waals surface area contributed by atoms with Crippen LogP contribution in [0.1, 0.15) is 38.4 Å². The highest BCUT2D eigenvalue weighted by atomic mass is 16.3. The molecule has 14 heavy (non-hydrogen) atoms. The zero-order valence-corrected chi connectivity index (χ0v) is 8.77. The molecule has 1 fully saturated rings. The number of hydrogen-bond donors (Lipinski definition) is 1. The third kappa shape index (κ3) is 1.34. The first-order chi connectivity index (χ1) is 6.64. The summed E-state index contributed by atoms with van der Waals surface area (Å²) in [6, 6.07) is 0. The molecular weight excluding hydrogens is 178 g/mol. The third-order valence-electron chi connectivity index (χ3n) is 3.36. The maximum Gasteiger partial charge on any atom is 0.158 e. The highest BCUT2D eigenvalue weighted by Crippen LogP contribution is 2.40. The topological polar surface area (TPSA) is 50.9 Å². The van der Waals surface area contributed by atoms with Crippen molar-refractivity contribution in [3.05, 3.63) is 12.2 Å². The zero-order valence-electron chi connectivity index (χ0n) is 8.77. The molecule has 1 aromatic rings. The van der Waals surface area contributed by atoms with Crippen LogP contribution in [0.2, 0.25) is 0 Å². The standard InChI is InChI=1S/C10H17N3O/c1-8-5-3-4-6-10(8,14)9-11-7-12-13(9)2/h7-8,14H,3-6H2,1-2H3. The number of aromatic nitrogens is 3. The normalized spacial score (nSPS) is 33.2. The van der Waals surface area contributed by atoms with Gasteiger partial charge in [-0.25, -0.2) is 4.98 Å². The zero-order chi connectivity index (χ0) is 10.2. The van der Waals surface area contributed by atoms with E-state index in [1.807, 2.05) is 7.05 Å². The summed E-state index contributed by atoms with van der Waals surface area (Å²) in [5.41, 5.74) is -0.760. The fourth-order valence-electron chi connectivity index (χ4n) is 2.35. The van der Waals surface area contributed by atoms with Crippen LogP contribution in [0.5, 0.6) is 0 Å². The minimum atomic E-state index is -0.760. The third-order valence-corrected chi connectivity index (χ3v) is 3.36. The lowest BCUT2D eigenvalue weighted by atomic mass is 9.76. The van der Waals surface area contributed by atoms with Crippen molar-refractivity contribution in [2.75, 3.05) is 0 Å². The fraction of sp³-hybridized carbons (Fsp3) is 0.800. The molecule has 0 radical (unpaired) electrons. The summed E-state index contributed by atoms with van der Waals surface area (Å²) in [7, 11) is 1.83. The largest absolute Gasteiger partial charge is 0.382 e. The molecule has 2 rings (SSSR count). The lowest BCUT2D eigenvalue weighted by molar-refractivity contribution is -0.0570. The Bertz CT molecular complexity index is 323. The fourth-order valence-corrected chi connectivity index (χ4v) is 2.35. The molecule has 0 bridgehead atoms. The maximum absolute atomic E-state index is 10.6. The monoisotopic (exact) mass is 195 g/mol. The van der Waals surface area contributed by atoms with E-state index < -0.39 is 5.60 Å². The number of hydrogen-bond acceptors (Lipinski definition) is 3. The van der Waals surface area contributed by atoms with Gasteiger partial charge >= 0.3 is 0 Å². The maximum atomic E-state index is 10.6. The molecule has 1 saturated carbocycles. The first-order valence-corrected chi connectivity index (χ1v) is 5.21. The first kappa shape index (κ1) is 9.65. The molecule has 0 aliphatic heterocycles. The molecule has 1 aromatic heterocycles. The summed E-state index contributed by atoms with van der Waals surface area (Å²) in [6.07, 6.45) is 5.67. The van der Waals surface area contributed by atoms with Gasteiger partial charge in [-0.1, -0.05) is 19.8 Å². The summed E-state index contributed by atoms with van der Waals surface area (Å²) >= 11 is 0. The minimum absolute atomic E-state index is 0.277. The predicted molar refractivity (Wildman–Crippen MR) is 52.5 cm³/mol. The summed E-state index contributed by atoms with van der Waals surface area (Å²) in [5, 5.41) is 14.6. The molecule has 4 heteroatoms. The van der Waals surface area contributed by atoms with Gasteiger partial charge in [0.15, 0.2) is 5.82 Å². The SMILES string of the molecule is CC1CCCCC1(O)c1ncnn1C. The molecule has 1 heterocycles. The van der Waals surface area contributed by atoms with Crippen LogP contribution in [-0.2, 0) is 12.6 Å². The summed E-state index contributed by atoms with van der Waals surface area (Å²) in [5.74, 6) is 0.990. The van der Waals surface area contributed by atoms with Gasteiger partial charge < -0.3 is 5.11 Å². The van der Waals surface area contributed by atoms with E-state index in [-0.39, 0.29) is 5.92 Å². The molecule has 4 nitrogen and oxygen atoms in total.